The van der Waals surface area contributed by atoms with Crippen molar-refractivity contribution in [3.63, 3.8) is 0 Å². The maximum Gasteiger partial charge on any atom is 0.141 e. The monoisotopic (exact) mass is 205 g/mol. The first-order valence-corrected chi connectivity index (χ1v) is 5.94. The molecular weight excluding hydrogens is 186 g/mol. The van der Waals surface area contributed by atoms with E-state index in [1.165, 1.54) is 38.5 Å². The summed E-state index contributed by atoms with van der Waals surface area (Å²) in [4.78, 5) is 8.43. The van der Waals surface area contributed by atoms with Gasteiger partial charge in [-0.2, -0.15) is 0 Å². The summed E-state index contributed by atoms with van der Waals surface area (Å²) in [5.41, 5.74) is 0. The van der Waals surface area contributed by atoms with Crippen LogP contribution >= 0.6 is 0 Å². The molecule has 0 spiro atoms. The van der Waals surface area contributed by atoms with Crippen LogP contribution in [0.5, 0.6) is 0 Å². The summed E-state index contributed by atoms with van der Waals surface area (Å²) in [6.45, 7) is 0.811. The maximum atomic E-state index is 4.21. The SMILES string of the molecule is c1cnc(CNC2CCCCCC2)nc1. The van der Waals surface area contributed by atoms with Crippen LogP contribution in [0.25, 0.3) is 0 Å². The Morgan fingerprint density at radius 3 is 2.40 bits per heavy atom. The zero-order valence-corrected chi connectivity index (χ0v) is 9.15. The zero-order valence-electron chi connectivity index (χ0n) is 9.15. The van der Waals surface area contributed by atoms with Crippen molar-refractivity contribution in [3.05, 3.63) is 24.3 Å². The Bertz CT molecular complexity index is 265. The van der Waals surface area contributed by atoms with E-state index < -0.39 is 0 Å². The molecule has 1 aliphatic rings. The molecule has 1 aliphatic carbocycles. The third-order valence-corrected chi connectivity index (χ3v) is 3.02. The lowest BCUT2D eigenvalue weighted by atomic mass is 10.1. The normalized spacial score (nSPS) is 18.7. The highest BCUT2D eigenvalue weighted by Gasteiger charge is 2.11. The molecule has 0 aliphatic heterocycles. The molecule has 1 N–H and O–H groups in total. The van der Waals surface area contributed by atoms with Gasteiger partial charge >= 0.3 is 0 Å². The number of aromatic nitrogens is 2. The zero-order chi connectivity index (χ0) is 10.3. The Kier molecular flexibility index (Phi) is 4.09. The molecule has 1 saturated carbocycles. The van der Waals surface area contributed by atoms with Gasteiger partial charge in [-0.3, -0.25) is 0 Å². The summed E-state index contributed by atoms with van der Waals surface area (Å²) in [6, 6.07) is 2.53. The average molecular weight is 205 g/mol. The Balaban J connectivity index is 1.77. The van der Waals surface area contributed by atoms with Crippen molar-refractivity contribution in [1.82, 2.24) is 15.3 Å². The first kappa shape index (κ1) is 10.6. The van der Waals surface area contributed by atoms with E-state index in [0.29, 0.717) is 6.04 Å². The van der Waals surface area contributed by atoms with Gasteiger partial charge in [0.15, 0.2) is 0 Å². The van der Waals surface area contributed by atoms with Gasteiger partial charge in [-0.1, -0.05) is 25.7 Å². The summed E-state index contributed by atoms with van der Waals surface area (Å²) in [5.74, 6) is 0.904. The number of hydrogen-bond donors (Lipinski definition) is 1. The maximum absolute atomic E-state index is 4.21. The highest BCUT2D eigenvalue weighted by atomic mass is 15.0. The molecule has 1 aromatic rings. The first-order chi connectivity index (χ1) is 7.45. The third kappa shape index (κ3) is 3.59. The fraction of sp³-hybridized carbons (Fsp3) is 0.667. The molecule has 0 unspecified atom stereocenters. The van der Waals surface area contributed by atoms with Crippen LogP contribution in [0.15, 0.2) is 18.5 Å². The van der Waals surface area contributed by atoms with E-state index in [2.05, 4.69) is 15.3 Å². The van der Waals surface area contributed by atoms with E-state index >= 15 is 0 Å². The van der Waals surface area contributed by atoms with E-state index in [-0.39, 0.29) is 0 Å². The Morgan fingerprint density at radius 2 is 1.73 bits per heavy atom. The molecule has 3 nitrogen and oxygen atoms in total. The lowest BCUT2D eigenvalue weighted by molar-refractivity contribution is 0.452. The van der Waals surface area contributed by atoms with E-state index in [1.54, 1.807) is 12.4 Å². The number of nitrogens with zero attached hydrogens (tertiary/aromatic N) is 2. The van der Waals surface area contributed by atoms with Gasteiger partial charge in [-0.25, -0.2) is 9.97 Å². The summed E-state index contributed by atoms with van der Waals surface area (Å²) in [5, 5.41) is 3.55. The van der Waals surface area contributed by atoms with Crippen LogP contribution in [-0.4, -0.2) is 16.0 Å². The Morgan fingerprint density at radius 1 is 1.07 bits per heavy atom. The van der Waals surface area contributed by atoms with Gasteiger partial charge in [0, 0.05) is 18.4 Å². The second-order valence-corrected chi connectivity index (χ2v) is 4.23. The smallest absolute Gasteiger partial charge is 0.141 e. The van der Waals surface area contributed by atoms with Gasteiger partial charge in [0.25, 0.3) is 0 Å². The van der Waals surface area contributed by atoms with Crippen molar-refractivity contribution >= 4 is 0 Å². The minimum atomic E-state index is 0.677. The summed E-state index contributed by atoms with van der Waals surface area (Å²) < 4.78 is 0. The lowest BCUT2D eigenvalue weighted by Gasteiger charge is -2.15. The molecule has 0 amide bonds. The fourth-order valence-corrected chi connectivity index (χ4v) is 2.14. The summed E-state index contributed by atoms with van der Waals surface area (Å²) in [6.07, 6.45) is 11.8. The van der Waals surface area contributed by atoms with Crippen LogP contribution in [0.4, 0.5) is 0 Å². The number of nitrogens with one attached hydrogen (secondary N) is 1. The molecule has 3 heteroatoms. The van der Waals surface area contributed by atoms with Gasteiger partial charge < -0.3 is 5.32 Å². The van der Waals surface area contributed by atoms with Crippen molar-refractivity contribution in [2.45, 2.75) is 51.1 Å². The molecule has 15 heavy (non-hydrogen) atoms. The molecule has 1 fully saturated rings. The van der Waals surface area contributed by atoms with E-state index in [9.17, 15) is 0 Å². The quantitative estimate of drug-likeness (QED) is 0.769. The van der Waals surface area contributed by atoms with Crippen LogP contribution in [0.1, 0.15) is 44.3 Å². The molecule has 0 aromatic carbocycles. The number of hydrogen-bond acceptors (Lipinski definition) is 3. The molecule has 1 aromatic heterocycles. The van der Waals surface area contributed by atoms with E-state index in [0.717, 1.165) is 12.4 Å². The van der Waals surface area contributed by atoms with Gasteiger partial charge in [-0.15, -0.1) is 0 Å². The van der Waals surface area contributed by atoms with Crippen LogP contribution in [0, 0.1) is 0 Å². The van der Waals surface area contributed by atoms with Crippen LogP contribution < -0.4 is 5.32 Å². The largest absolute Gasteiger partial charge is 0.307 e. The van der Waals surface area contributed by atoms with Gasteiger partial charge in [0.05, 0.1) is 6.54 Å². The standard InChI is InChI=1S/C12H19N3/c1-2-4-7-11(6-3-1)15-10-12-13-8-5-9-14-12/h5,8-9,11,15H,1-4,6-7,10H2. The van der Waals surface area contributed by atoms with Crippen molar-refractivity contribution in [2.75, 3.05) is 0 Å². The third-order valence-electron chi connectivity index (χ3n) is 3.02. The van der Waals surface area contributed by atoms with Crippen molar-refractivity contribution < 1.29 is 0 Å². The minimum Gasteiger partial charge on any atom is -0.307 e. The molecule has 0 saturated heterocycles. The van der Waals surface area contributed by atoms with E-state index in [4.69, 9.17) is 0 Å². The molecule has 2 rings (SSSR count). The molecule has 0 atom stereocenters. The van der Waals surface area contributed by atoms with Crippen LogP contribution in [0.3, 0.4) is 0 Å². The molecule has 82 valence electrons. The van der Waals surface area contributed by atoms with E-state index in [1.807, 2.05) is 6.07 Å². The van der Waals surface area contributed by atoms with Gasteiger partial charge in [0.2, 0.25) is 0 Å². The first-order valence-electron chi connectivity index (χ1n) is 5.94. The highest BCUT2D eigenvalue weighted by molar-refractivity contribution is 4.88. The Hall–Kier alpha value is -0.960. The predicted molar refractivity (Wildman–Crippen MR) is 60.4 cm³/mol. The van der Waals surface area contributed by atoms with Crippen molar-refractivity contribution in [2.24, 2.45) is 0 Å². The van der Waals surface area contributed by atoms with Gasteiger partial charge in [-0.05, 0) is 18.9 Å². The summed E-state index contributed by atoms with van der Waals surface area (Å²) in [7, 11) is 0. The molecule has 1 heterocycles. The van der Waals surface area contributed by atoms with Crippen LogP contribution in [-0.2, 0) is 6.54 Å². The molecule has 0 bridgehead atoms. The minimum absolute atomic E-state index is 0.677. The lowest BCUT2D eigenvalue weighted by Crippen LogP contribution is -2.28. The van der Waals surface area contributed by atoms with Crippen molar-refractivity contribution in [3.8, 4) is 0 Å². The topological polar surface area (TPSA) is 37.8 Å². The van der Waals surface area contributed by atoms with Crippen LogP contribution in [0.2, 0.25) is 0 Å². The van der Waals surface area contributed by atoms with Crippen molar-refractivity contribution in [1.29, 1.82) is 0 Å². The number of rotatable bonds is 3. The highest BCUT2D eigenvalue weighted by Crippen LogP contribution is 2.17. The van der Waals surface area contributed by atoms with Gasteiger partial charge in [0.1, 0.15) is 5.82 Å². The summed E-state index contributed by atoms with van der Waals surface area (Å²) >= 11 is 0. The molecule has 0 radical (unpaired) electrons. The fourth-order valence-electron chi connectivity index (χ4n) is 2.14. The second kappa shape index (κ2) is 5.81. The average Bonchev–Trinajstić information content (AvgIpc) is 2.56. The Labute approximate surface area is 91.3 Å². The molecular formula is C12H19N3. The predicted octanol–water partition coefficient (Wildman–Crippen LogP) is 2.29. The second-order valence-electron chi connectivity index (χ2n) is 4.23.